The predicted molar refractivity (Wildman–Crippen MR) is 356 cm³/mol. The molecule has 84 heavy (non-hydrogen) atoms. The van der Waals surface area contributed by atoms with Crippen LogP contribution in [0.25, 0.3) is 127 Å². The lowest BCUT2D eigenvalue weighted by molar-refractivity contribution is 0.669. The Morgan fingerprint density at radius 3 is 1.08 bits per heavy atom. The van der Waals surface area contributed by atoms with Crippen LogP contribution in [0, 0.1) is 0 Å². The number of aromatic nitrogens is 1. The highest BCUT2D eigenvalue weighted by Gasteiger charge is 2.18. The lowest BCUT2D eigenvalue weighted by atomic mass is 9.97. The van der Waals surface area contributed by atoms with Gasteiger partial charge < -0.3 is 18.3 Å². The molecular weight excluding hydrogens is 1020 g/mol. The lowest BCUT2D eigenvalue weighted by Crippen LogP contribution is -2.09. The van der Waals surface area contributed by atoms with Crippen LogP contribution in [0.2, 0.25) is 0 Å². The highest BCUT2D eigenvalue weighted by molar-refractivity contribution is 6.12. The Morgan fingerprint density at radius 2 is 0.655 bits per heavy atom. The minimum atomic E-state index is 0.901. The molecule has 3 heterocycles. The molecule has 4 heteroatoms. The van der Waals surface area contributed by atoms with E-state index in [1.54, 1.807) is 0 Å². The molecule has 0 fully saturated rings. The van der Waals surface area contributed by atoms with Gasteiger partial charge in [-0.25, -0.2) is 0 Å². The SMILES string of the molecule is C1=CCCC=C1.CC.c1cc(-c2ccc(N(c3ccc(-c4cccc(-c5cccc6c5oc5ccccc56)c4)cc3)c3ccc(-c4cccc(-n5c6ccccc6c6ccccc65)c4)cc3)cc2)cc(-c2cccc3c2oc2ccccc23)c1. The van der Waals surface area contributed by atoms with Gasteiger partial charge in [0.05, 0.1) is 11.0 Å². The van der Waals surface area contributed by atoms with E-state index < -0.39 is 0 Å². The third-order valence-corrected chi connectivity index (χ3v) is 16.1. The van der Waals surface area contributed by atoms with Crippen molar-refractivity contribution in [2.45, 2.75) is 26.7 Å². The van der Waals surface area contributed by atoms with Crippen LogP contribution in [0.5, 0.6) is 0 Å². The molecule has 16 rings (SSSR count). The molecule has 1 aliphatic rings. The first-order chi connectivity index (χ1) is 41.7. The number of para-hydroxylation sites is 6. The first-order valence-electron chi connectivity index (χ1n) is 29.2. The third kappa shape index (κ3) is 9.63. The zero-order valence-electron chi connectivity index (χ0n) is 47.0. The fourth-order valence-electron chi connectivity index (χ4n) is 12.1. The van der Waals surface area contributed by atoms with Crippen molar-refractivity contribution in [3.8, 4) is 61.3 Å². The van der Waals surface area contributed by atoms with Gasteiger partial charge in [0, 0.05) is 66.2 Å². The molecule has 0 bridgehead atoms. The Balaban J connectivity index is 0.000000733. The van der Waals surface area contributed by atoms with Crippen molar-refractivity contribution < 1.29 is 8.83 Å². The summed E-state index contributed by atoms with van der Waals surface area (Å²) in [7, 11) is 0. The summed E-state index contributed by atoms with van der Waals surface area (Å²) >= 11 is 0. The maximum Gasteiger partial charge on any atom is 0.143 e. The van der Waals surface area contributed by atoms with E-state index >= 15 is 0 Å². The van der Waals surface area contributed by atoms with Crippen LogP contribution in [0.15, 0.2) is 312 Å². The summed E-state index contributed by atoms with van der Waals surface area (Å²) in [6.45, 7) is 4.00. The van der Waals surface area contributed by atoms with E-state index in [1.807, 2.05) is 38.1 Å². The lowest BCUT2D eigenvalue weighted by Gasteiger charge is -2.26. The van der Waals surface area contributed by atoms with Crippen molar-refractivity contribution in [1.29, 1.82) is 0 Å². The minimum Gasteiger partial charge on any atom is -0.455 e. The quantitative estimate of drug-likeness (QED) is 0.144. The molecule has 0 radical (unpaired) electrons. The smallest absolute Gasteiger partial charge is 0.143 e. The number of furan rings is 2. The van der Waals surface area contributed by atoms with Gasteiger partial charge in [-0.2, -0.15) is 0 Å². The zero-order valence-corrected chi connectivity index (χ0v) is 47.0. The molecule has 402 valence electrons. The van der Waals surface area contributed by atoms with Crippen LogP contribution < -0.4 is 4.90 Å². The fraction of sp³-hybridized carbons (Fsp3) is 0.0500. The fourth-order valence-corrected chi connectivity index (χ4v) is 12.1. The number of allylic oxidation sites excluding steroid dienone is 4. The summed E-state index contributed by atoms with van der Waals surface area (Å²) in [5, 5.41) is 7.03. The average Bonchev–Trinajstić information content (AvgIpc) is 3.34. The molecule has 3 aromatic heterocycles. The summed E-state index contributed by atoms with van der Waals surface area (Å²) < 4.78 is 15.3. The zero-order chi connectivity index (χ0) is 56.3. The molecule has 0 atom stereocenters. The van der Waals surface area contributed by atoms with Crippen molar-refractivity contribution in [2.24, 2.45) is 0 Å². The second kappa shape index (κ2) is 22.7. The first kappa shape index (κ1) is 51.5. The van der Waals surface area contributed by atoms with Gasteiger partial charge in [0.2, 0.25) is 0 Å². The number of hydrogen-bond donors (Lipinski definition) is 0. The molecule has 0 aliphatic heterocycles. The number of fused-ring (bicyclic) bond motifs is 9. The van der Waals surface area contributed by atoms with E-state index in [1.165, 1.54) is 34.6 Å². The topological polar surface area (TPSA) is 34.5 Å². The monoisotopic (exact) mass is 1080 g/mol. The Bertz CT molecular complexity index is 4650. The maximum absolute atomic E-state index is 6.46. The van der Waals surface area contributed by atoms with Crippen LogP contribution in [0.1, 0.15) is 26.7 Å². The van der Waals surface area contributed by atoms with Crippen LogP contribution in [0.3, 0.4) is 0 Å². The van der Waals surface area contributed by atoms with Crippen LogP contribution >= 0.6 is 0 Å². The Morgan fingerprint density at radius 1 is 0.298 bits per heavy atom. The Kier molecular flexibility index (Phi) is 13.9. The van der Waals surface area contributed by atoms with Gasteiger partial charge in [0.1, 0.15) is 22.3 Å². The number of benzene rings is 12. The standard InChI is InChI=1S/C72H46N2O2.C6H8.C2H6/c1-5-28-67-61(20-1)62-21-2-6-29-68(62)74(67)58-19-11-16-52(46-58)49-36-42-57(43-37-49)73(55-38-32-47(33-39-55)50-14-9-17-53(44-50)59-24-12-26-65-63-22-3-7-30-69(63)75-71(59)65)56-40-34-48(35-41-56)51-15-10-18-54(45-51)60-25-13-27-66-64-23-4-8-31-70(64)76-72(60)66;1-2-4-6-5-3-1;1-2/h1-46H;1-4H,5-6H2;1-2H3. The van der Waals surface area contributed by atoms with E-state index in [-0.39, 0.29) is 0 Å². The molecule has 0 spiro atoms. The van der Waals surface area contributed by atoms with Gasteiger partial charge in [0.15, 0.2) is 0 Å². The van der Waals surface area contributed by atoms with Crippen molar-refractivity contribution in [2.75, 3.05) is 4.90 Å². The van der Waals surface area contributed by atoms with Crippen molar-refractivity contribution >= 4 is 82.7 Å². The summed E-state index contributed by atoms with van der Waals surface area (Å²) in [5.74, 6) is 0. The van der Waals surface area contributed by atoms with Crippen molar-refractivity contribution in [3.63, 3.8) is 0 Å². The van der Waals surface area contributed by atoms with Crippen LogP contribution in [-0.2, 0) is 0 Å². The van der Waals surface area contributed by atoms with Gasteiger partial charge in [-0.3, -0.25) is 0 Å². The second-order valence-corrected chi connectivity index (χ2v) is 21.1. The third-order valence-electron chi connectivity index (χ3n) is 16.1. The van der Waals surface area contributed by atoms with Crippen molar-refractivity contribution in [3.05, 3.63) is 303 Å². The highest BCUT2D eigenvalue weighted by Crippen LogP contribution is 2.42. The molecule has 0 saturated carbocycles. The normalized spacial score (nSPS) is 12.0. The molecule has 0 N–H and O–H groups in total. The minimum absolute atomic E-state index is 0.901. The van der Waals surface area contributed by atoms with Gasteiger partial charge in [-0.15, -0.1) is 0 Å². The summed E-state index contributed by atoms with van der Waals surface area (Å²) in [5.41, 5.74) is 21.6. The maximum atomic E-state index is 6.46. The number of rotatable bonds is 9. The van der Waals surface area contributed by atoms with E-state index in [0.29, 0.717) is 0 Å². The molecular formula is C80H60N2O2. The van der Waals surface area contributed by atoms with Crippen molar-refractivity contribution in [1.82, 2.24) is 4.57 Å². The second-order valence-electron chi connectivity index (χ2n) is 21.1. The molecule has 0 saturated heterocycles. The molecule has 1 aliphatic carbocycles. The predicted octanol–water partition coefficient (Wildman–Crippen LogP) is 23.3. The molecule has 0 amide bonds. The van der Waals surface area contributed by atoms with E-state index in [4.69, 9.17) is 8.83 Å². The van der Waals surface area contributed by atoms with E-state index in [9.17, 15) is 0 Å². The van der Waals surface area contributed by atoms with Crippen LogP contribution in [0.4, 0.5) is 17.1 Å². The van der Waals surface area contributed by atoms with Crippen LogP contribution in [-0.4, -0.2) is 4.57 Å². The summed E-state index contributed by atoms with van der Waals surface area (Å²) in [4.78, 5) is 2.35. The van der Waals surface area contributed by atoms with Gasteiger partial charge in [-0.05, 0) is 142 Å². The number of anilines is 3. The summed E-state index contributed by atoms with van der Waals surface area (Å²) in [6, 6.07) is 100. The highest BCUT2D eigenvalue weighted by atomic mass is 16.3. The molecule has 12 aromatic carbocycles. The molecule has 15 aromatic rings. The van der Waals surface area contributed by atoms with Gasteiger partial charge >= 0.3 is 0 Å². The Labute approximate surface area is 489 Å². The first-order valence-corrected chi connectivity index (χ1v) is 29.2. The number of nitrogens with zero attached hydrogens (tertiary/aromatic N) is 2. The van der Waals surface area contributed by atoms with E-state index in [0.717, 1.165) is 122 Å². The molecule has 4 nitrogen and oxygen atoms in total. The average molecular weight is 1080 g/mol. The largest absolute Gasteiger partial charge is 0.455 e. The Hall–Kier alpha value is -10.7. The van der Waals surface area contributed by atoms with Gasteiger partial charge in [-0.1, -0.05) is 232 Å². The van der Waals surface area contributed by atoms with Gasteiger partial charge in [0.25, 0.3) is 0 Å². The molecule has 0 unspecified atom stereocenters. The summed E-state index contributed by atoms with van der Waals surface area (Å²) in [6.07, 6.45) is 11.0. The number of hydrogen-bond acceptors (Lipinski definition) is 3. The van der Waals surface area contributed by atoms with E-state index in [2.05, 4.69) is 289 Å².